The van der Waals surface area contributed by atoms with Crippen LogP contribution in [0.3, 0.4) is 0 Å². The number of carbonyl (C=O) groups excluding carboxylic acids is 1. The first kappa shape index (κ1) is 7.88. The number of pyridine rings is 1. The van der Waals surface area contributed by atoms with Gasteiger partial charge in [0.2, 0.25) is 0 Å². The third-order valence-electron chi connectivity index (χ3n) is 1.38. The lowest BCUT2D eigenvalue weighted by molar-refractivity contribution is 0.112. The van der Waals surface area contributed by atoms with Gasteiger partial charge >= 0.3 is 0 Å². The van der Waals surface area contributed by atoms with Gasteiger partial charge in [-0.2, -0.15) is 0 Å². The van der Waals surface area contributed by atoms with E-state index in [1.807, 2.05) is 0 Å². The Hall–Kier alpha value is -1.22. The van der Waals surface area contributed by atoms with Crippen LogP contribution in [0.2, 0.25) is 0 Å². The zero-order valence-electron chi connectivity index (χ0n) is 6.16. The van der Waals surface area contributed by atoms with Crippen molar-refractivity contribution in [3.63, 3.8) is 0 Å². The standard InChI is InChI=1S/C8H10N2O/c9-3-1-8-5-7(6-11)2-4-10-8/h2,4-6H,1,3,9H2. The number of aldehydes is 1. The molecule has 0 unspecified atom stereocenters. The van der Waals surface area contributed by atoms with Crippen molar-refractivity contribution in [2.24, 2.45) is 5.73 Å². The number of hydrogen-bond donors (Lipinski definition) is 1. The molecule has 2 N–H and O–H groups in total. The molecular weight excluding hydrogens is 140 g/mol. The fourth-order valence-corrected chi connectivity index (χ4v) is 0.855. The third-order valence-corrected chi connectivity index (χ3v) is 1.38. The second kappa shape index (κ2) is 3.83. The van der Waals surface area contributed by atoms with E-state index in [1.165, 1.54) is 0 Å². The minimum absolute atomic E-state index is 0.565. The second-order valence-electron chi connectivity index (χ2n) is 2.24. The first-order valence-corrected chi connectivity index (χ1v) is 3.47. The molecule has 0 aliphatic heterocycles. The largest absolute Gasteiger partial charge is 0.330 e. The molecule has 1 aromatic rings. The van der Waals surface area contributed by atoms with Crippen molar-refractivity contribution in [2.75, 3.05) is 6.54 Å². The molecule has 0 atom stereocenters. The van der Waals surface area contributed by atoms with Gasteiger partial charge in [-0.3, -0.25) is 9.78 Å². The highest BCUT2D eigenvalue weighted by Crippen LogP contribution is 1.98. The number of carbonyl (C=O) groups is 1. The summed E-state index contributed by atoms with van der Waals surface area (Å²) in [5.41, 5.74) is 6.85. The van der Waals surface area contributed by atoms with Gasteiger partial charge in [0.15, 0.2) is 0 Å². The van der Waals surface area contributed by atoms with Crippen molar-refractivity contribution in [1.82, 2.24) is 4.98 Å². The summed E-state index contributed by atoms with van der Waals surface area (Å²) >= 11 is 0. The van der Waals surface area contributed by atoms with Gasteiger partial charge in [0, 0.05) is 23.9 Å². The molecule has 0 saturated carbocycles. The van der Waals surface area contributed by atoms with Crippen molar-refractivity contribution >= 4 is 6.29 Å². The van der Waals surface area contributed by atoms with Gasteiger partial charge in [-0.25, -0.2) is 0 Å². The Balaban J connectivity index is 2.82. The van der Waals surface area contributed by atoms with Gasteiger partial charge < -0.3 is 5.73 Å². The molecule has 0 aliphatic carbocycles. The van der Waals surface area contributed by atoms with Crippen molar-refractivity contribution in [1.29, 1.82) is 0 Å². The summed E-state index contributed by atoms with van der Waals surface area (Å²) in [6.45, 7) is 0.565. The molecule has 0 fully saturated rings. The monoisotopic (exact) mass is 150 g/mol. The van der Waals surface area contributed by atoms with Crippen LogP contribution >= 0.6 is 0 Å². The summed E-state index contributed by atoms with van der Waals surface area (Å²) in [6.07, 6.45) is 3.15. The van der Waals surface area contributed by atoms with E-state index in [1.54, 1.807) is 18.3 Å². The topological polar surface area (TPSA) is 56.0 Å². The van der Waals surface area contributed by atoms with Crippen molar-refractivity contribution in [2.45, 2.75) is 6.42 Å². The number of nitrogens with zero attached hydrogens (tertiary/aromatic N) is 1. The second-order valence-corrected chi connectivity index (χ2v) is 2.24. The average molecular weight is 150 g/mol. The predicted molar refractivity (Wildman–Crippen MR) is 42.4 cm³/mol. The quantitative estimate of drug-likeness (QED) is 0.634. The minimum Gasteiger partial charge on any atom is -0.330 e. The molecule has 0 aliphatic rings. The van der Waals surface area contributed by atoms with Gasteiger partial charge in [0.25, 0.3) is 0 Å². The number of nitrogens with two attached hydrogens (primary N) is 1. The van der Waals surface area contributed by atoms with E-state index in [9.17, 15) is 4.79 Å². The van der Waals surface area contributed by atoms with E-state index in [0.717, 1.165) is 18.4 Å². The van der Waals surface area contributed by atoms with E-state index in [0.29, 0.717) is 12.1 Å². The van der Waals surface area contributed by atoms with Crippen LogP contribution < -0.4 is 5.73 Å². The van der Waals surface area contributed by atoms with E-state index in [2.05, 4.69) is 4.98 Å². The SMILES string of the molecule is NCCc1cc(C=O)ccn1. The molecule has 1 heterocycles. The lowest BCUT2D eigenvalue weighted by Crippen LogP contribution is -2.04. The van der Waals surface area contributed by atoms with Gasteiger partial charge in [-0.05, 0) is 18.7 Å². The maximum Gasteiger partial charge on any atom is 0.150 e. The molecule has 0 saturated heterocycles. The smallest absolute Gasteiger partial charge is 0.150 e. The van der Waals surface area contributed by atoms with Crippen LogP contribution in [0.15, 0.2) is 18.3 Å². The van der Waals surface area contributed by atoms with Crippen LogP contribution in [-0.2, 0) is 6.42 Å². The van der Waals surface area contributed by atoms with Crippen LogP contribution in [0.4, 0.5) is 0 Å². The van der Waals surface area contributed by atoms with E-state index < -0.39 is 0 Å². The van der Waals surface area contributed by atoms with Crippen LogP contribution in [0.25, 0.3) is 0 Å². The molecule has 1 aromatic heterocycles. The van der Waals surface area contributed by atoms with Crippen molar-refractivity contribution in [3.05, 3.63) is 29.6 Å². The summed E-state index contributed by atoms with van der Waals surface area (Å²) in [5.74, 6) is 0. The van der Waals surface area contributed by atoms with Gasteiger partial charge in [-0.15, -0.1) is 0 Å². The van der Waals surface area contributed by atoms with Crippen LogP contribution in [0.1, 0.15) is 16.1 Å². The summed E-state index contributed by atoms with van der Waals surface area (Å²) < 4.78 is 0. The molecule has 3 nitrogen and oxygen atoms in total. The molecule has 0 radical (unpaired) electrons. The molecule has 0 spiro atoms. The minimum atomic E-state index is 0.565. The Labute approximate surface area is 65.2 Å². The predicted octanol–water partition coefficient (Wildman–Crippen LogP) is 0.395. The van der Waals surface area contributed by atoms with Gasteiger partial charge in [0.1, 0.15) is 6.29 Å². The van der Waals surface area contributed by atoms with E-state index in [4.69, 9.17) is 5.73 Å². The van der Waals surface area contributed by atoms with Crippen molar-refractivity contribution < 1.29 is 4.79 Å². The first-order chi connectivity index (χ1) is 5.36. The maximum absolute atomic E-state index is 10.3. The van der Waals surface area contributed by atoms with E-state index in [-0.39, 0.29) is 0 Å². The number of hydrogen-bond acceptors (Lipinski definition) is 3. The fourth-order valence-electron chi connectivity index (χ4n) is 0.855. The number of aromatic nitrogens is 1. The molecule has 0 aromatic carbocycles. The molecule has 3 heteroatoms. The summed E-state index contributed by atoms with van der Waals surface area (Å²) in [5, 5.41) is 0. The lowest BCUT2D eigenvalue weighted by Gasteiger charge is -1.96. The van der Waals surface area contributed by atoms with Crippen LogP contribution in [-0.4, -0.2) is 17.8 Å². The molecular formula is C8H10N2O. The fraction of sp³-hybridized carbons (Fsp3) is 0.250. The highest BCUT2D eigenvalue weighted by molar-refractivity contribution is 5.74. The zero-order valence-corrected chi connectivity index (χ0v) is 6.16. The molecule has 11 heavy (non-hydrogen) atoms. The molecule has 58 valence electrons. The highest BCUT2D eigenvalue weighted by atomic mass is 16.1. The Morgan fingerprint density at radius 2 is 2.45 bits per heavy atom. The molecule has 1 rings (SSSR count). The summed E-state index contributed by atoms with van der Waals surface area (Å²) in [7, 11) is 0. The third kappa shape index (κ3) is 2.13. The Bertz CT molecular complexity index is 248. The van der Waals surface area contributed by atoms with E-state index >= 15 is 0 Å². The maximum atomic E-state index is 10.3. The Morgan fingerprint density at radius 3 is 3.09 bits per heavy atom. The van der Waals surface area contributed by atoms with Crippen molar-refractivity contribution in [3.8, 4) is 0 Å². The lowest BCUT2D eigenvalue weighted by atomic mass is 10.2. The summed E-state index contributed by atoms with van der Waals surface area (Å²) in [6, 6.07) is 3.42. The van der Waals surface area contributed by atoms with Crippen LogP contribution in [0.5, 0.6) is 0 Å². The molecule has 0 bridgehead atoms. The molecule has 0 amide bonds. The zero-order chi connectivity index (χ0) is 8.10. The van der Waals surface area contributed by atoms with Gasteiger partial charge in [-0.1, -0.05) is 0 Å². The summed E-state index contributed by atoms with van der Waals surface area (Å²) in [4.78, 5) is 14.3. The Kier molecular flexibility index (Phi) is 2.74. The number of rotatable bonds is 3. The highest BCUT2D eigenvalue weighted by Gasteiger charge is 1.93. The average Bonchev–Trinajstić information content (AvgIpc) is 2.06. The first-order valence-electron chi connectivity index (χ1n) is 3.47. The van der Waals surface area contributed by atoms with Crippen LogP contribution in [0, 0.1) is 0 Å². The normalized spacial score (nSPS) is 9.55. The van der Waals surface area contributed by atoms with Gasteiger partial charge in [0.05, 0.1) is 0 Å². The Morgan fingerprint density at radius 1 is 1.64 bits per heavy atom.